The first-order valence-electron chi connectivity index (χ1n) is 8.31. The molecule has 4 rings (SSSR count). The topological polar surface area (TPSA) is 41.6 Å². The summed E-state index contributed by atoms with van der Waals surface area (Å²) in [4.78, 5) is 0. The van der Waals surface area contributed by atoms with E-state index < -0.39 is 11.7 Å². The van der Waals surface area contributed by atoms with Gasteiger partial charge in [0.05, 0.1) is 15.6 Å². The molecule has 2 aliphatic carbocycles. The first kappa shape index (κ1) is 17.7. The molecule has 136 valence electrons. The molecule has 2 aromatic rings. The minimum Gasteiger partial charge on any atom is -0.236 e. The smallest absolute Gasteiger partial charge is 0.236 e. The van der Waals surface area contributed by atoms with E-state index in [4.69, 9.17) is 23.2 Å². The zero-order valence-electron chi connectivity index (χ0n) is 13.6. The van der Waals surface area contributed by atoms with E-state index in [2.05, 4.69) is 11.2 Å². The number of benzene rings is 1. The predicted molar refractivity (Wildman–Crippen MR) is 91.6 cm³/mol. The Balaban J connectivity index is 1.75. The maximum absolute atomic E-state index is 12.9. The second-order valence-corrected chi connectivity index (χ2v) is 7.92. The molecule has 26 heavy (non-hydrogen) atoms. The van der Waals surface area contributed by atoms with E-state index in [0.717, 1.165) is 37.0 Å². The molecule has 1 unspecified atom stereocenters. The van der Waals surface area contributed by atoms with Crippen molar-refractivity contribution < 1.29 is 13.2 Å². The molecule has 1 aromatic carbocycles. The molecule has 2 fully saturated rings. The van der Waals surface area contributed by atoms with Crippen LogP contribution < -0.4 is 0 Å². The van der Waals surface area contributed by atoms with Crippen LogP contribution in [0.2, 0.25) is 10.0 Å². The van der Waals surface area contributed by atoms with Gasteiger partial charge in [-0.2, -0.15) is 23.5 Å². The fourth-order valence-electron chi connectivity index (χ4n) is 4.21. The molecule has 8 heteroatoms. The fourth-order valence-corrected chi connectivity index (χ4v) is 4.87. The lowest BCUT2D eigenvalue weighted by atomic mass is 9.98. The average molecular weight is 400 g/mol. The summed E-state index contributed by atoms with van der Waals surface area (Å²) in [7, 11) is 0. The lowest BCUT2D eigenvalue weighted by Gasteiger charge is -2.12. The zero-order valence-corrected chi connectivity index (χ0v) is 15.1. The summed E-state index contributed by atoms with van der Waals surface area (Å²) in [6.45, 7) is 0. The largest absolute Gasteiger partial charge is 0.416 e. The van der Waals surface area contributed by atoms with Gasteiger partial charge in [-0.05, 0) is 42.7 Å². The number of rotatable bonds is 2. The molecule has 3 nitrogen and oxygen atoms in total. The van der Waals surface area contributed by atoms with Crippen molar-refractivity contribution in [1.82, 2.24) is 9.78 Å². The zero-order chi connectivity index (χ0) is 18.7. The molecule has 2 saturated carbocycles. The highest BCUT2D eigenvalue weighted by Gasteiger charge is 2.56. The summed E-state index contributed by atoms with van der Waals surface area (Å²) in [5, 5.41) is 13.4. The van der Waals surface area contributed by atoms with Crippen LogP contribution in [-0.2, 0) is 6.18 Å². The first-order chi connectivity index (χ1) is 12.2. The molecular formula is C18H14Cl2F3N3. The molecule has 2 aliphatic rings. The molecule has 0 N–H and O–H groups in total. The highest BCUT2D eigenvalue weighted by atomic mass is 35.5. The van der Waals surface area contributed by atoms with Crippen LogP contribution in [0.3, 0.4) is 0 Å². The SMILES string of the molecule is N#Cc1nn(-c2c(Cl)cc(C(F)(F)F)cc2Cl)cc1C1CC12CCCC2. The first-order valence-corrected chi connectivity index (χ1v) is 9.07. The van der Waals surface area contributed by atoms with E-state index in [1.54, 1.807) is 6.20 Å². The standard InChI is InChI=1S/C18H14Cl2F3N3/c19-13-5-10(18(21,22)23)6-14(20)16(13)26-9-11(15(8-24)25-26)12-7-17(12)3-1-2-4-17/h5-6,9,12H,1-4,7H2. The highest BCUT2D eigenvalue weighted by molar-refractivity contribution is 6.37. The summed E-state index contributed by atoms with van der Waals surface area (Å²) in [5.74, 6) is 0.278. The molecule has 1 atom stereocenters. The third kappa shape index (κ3) is 2.78. The predicted octanol–water partition coefficient (Wildman–Crippen LogP) is 6.12. The van der Waals surface area contributed by atoms with Gasteiger partial charge in [0.2, 0.25) is 0 Å². The Morgan fingerprint density at radius 2 is 1.81 bits per heavy atom. The molecule has 1 spiro atoms. The number of nitrogens with zero attached hydrogens (tertiary/aromatic N) is 3. The highest BCUT2D eigenvalue weighted by Crippen LogP contribution is 2.68. The van der Waals surface area contributed by atoms with Crippen LogP contribution >= 0.6 is 23.2 Å². The second kappa shape index (κ2) is 5.90. The Hall–Kier alpha value is -1.71. The van der Waals surface area contributed by atoms with Gasteiger partial charge < -0.3 is 0 Å². The van der Waals surface area contributed by atoms with Crippen LogP contribution in [0.15, 0.2) is 18.3 Å². The van der Waals surface area contributed by atoms with Crippen LogP contribution in [0.1, 0.15) is 54.8 Å². The van der Waals surface area contributed by atoms with Crippen molar-refractivity contribution in [3.63, 3.8) is 0 Å². The molecule has 1 aromatic heterocycles. The van der Waals surface area contributed by atoms with Gasteiger partial charge in [-0.1, -0.05) is 36.0 Å². The van der Waals surface area contributed by atoms with Gasteiger partial charge in [0, 0.05) is 11.8 Å². The monoisotopic (exact) mass is 399 g/mol. The van der Waals surface area contributed by atoms with Crippen molar-refractivity contribution in [2.75, 3.05) is 0 Å². The Kier molecular flexibility index (Phi) is 4.01. The lowest BCUT2D eigenvalue weighted by Crippen LogP contribution is -2.07. The molecule has 0 amide bonds. The molecule has 0 saturated heterocycles. The number of aromatic nitrogens is 2. The quantitative estimate of drug-likeness (QED) is 0.610. The Bertz CT molecular complexity index is 898. The molecule has 0 radical (unpaired) electrons. The summed E-state index contributed by atoms with van der Waals surface area (Å²) >= 11 is 12.1. The van der Waals surface area contributed by atoms with E-state index >= 15 is 0 Å². The van der Waals surface area contributed by atoms with Crippen LogP contribution in [0.5, 0.6) is 0 Å². The average Bonchev–Trinajstić information content (AvgIpc) is 2.90. The van der Waals surface area contributed by atoms with Crippen LogP contribution in [0.4, 0.5) is 13.2 Å². The van der Waals surface area contributed by atoms with E-state index in [1.807, 2.05) is 0 Å². The van der Waals surface area contributed by atoms with Crippen molar-refractivity contribution in [3.05, 3.63) is 45.2 Å². The fraction of sp³-hybridized carbons (Fsp3) is 0.444. The van der Waals surface area contributed by atoms with Gasteiger partial charge in [0.1, 0.15) is 11.8 Å². The second-order valence-electron chi connectivity index (χ2n) is 7.10. The summed E-state index contributed by atoms with van der Waals surface area (Å²) in [6, 6.07) is 3.74. The van der Waals surface area contributed by atoms with Crippen molar-refractivity contribution in [2.45, 2.75) is 44.2 Å². The molecule has 1 heterocycles. The minimum atomic E-state index is -4.54. The Morgan fingerprint density at radius 3 is 2.35 bits per heavy atom. The van der Waals surface area contributed by atoms with Gasteiger partial charge in [-0.15, -0.1) is 0 Å². The van der Waals surface area contributed by atoms with Crippen LogP contribution in [0.25, 0.3) is 5.69 Å². The van der Waals surface area contributed by atoms with Gasteiger partial charge in [0.15, 0.2) is 5.69 Å². The summed E-state index contributed by atoms with van der Waals surface area (Å²) < 4.78 is 40.0. The van der Waals surface area contributed by atoms with Crippen LogP contribution in [0, 0.1) is 16.7 Å². The maximum atomic E-state index is 12.9. The van der Waals surface area contributed by atoms with E-state index in [0.29, 0.717) is 0 Å². The Morgan fingerprint density at radius 1 is 1.19 bits per heavy atom. The van der Waals surface area contributed by atoms with E-state index in [1.165, 1.54) is 17.5 Å². The molecule has 0 bridgehead atoms. The Labute approximate surface area is 158 Å². The lowest BCUT2D eigenvalue weighted by molar-refractivity contribution is -0.137. The van der Waals surface area contributed by atoms with Crippen molar-refractivity contribution in [1.29, 1.82) is 5.26 Å². The van der Waals surface area contributed by atoms with Gasteiger partial charge in [-0.3, -0.25) is 0 Å². The minimum absolute atomic E-state index is 0.158. The summed E-state index contributed by atoms with van der Waals surface area (Å²) in [6.07, 6.45) is 2.87. The van der Waals surface area contributed by atoms with E-state index in [-0.39, 0.29) is 32.8 Å². The van der Waals surface area contributed by atoms with Gasteiger partial charge >= 0.3 is 6.18 Å². The number of alkyl halides is 3. The maximum Gasteiger partial charge on any atom is 0.416 e. The van der Waals surface area contributed by atoms with Gasteiger partial charge in [-0.25, -0.2) is 4.68 Å². The number of nitriles is 1. The van der Waals surface area contributed by atoms with Crippen LogP contribution in [-0.4, -0.2) is 9.78 Å². The third-order valence-corrected chi connectivity index (χ3v) is 6.16. The molecule has 0 aliphatic heterocycles. The number of halogens is 5. The molecular weight excluding hydrogens is 386 g/mol. The van der Waals surface area contributed by atoms with Crippen molar-refractivity contribution in [3.8, 4) is 11.8 Å². The number of hydrogen-bond acceptors (Lipinski definition) is 2. The third-order valence-electron chi connectivity index (χ3n) is 5.59. The van der Waals surface area contributed by atoms with Crippen molar-refractivity contribution >= 4 is 23.2 Å². The van der Waals surface area contributed by atoms with Gasteiger partial charge in [0.25, 0.3) is 0 Å². The van der Waals surface area contributed by atoms with Crippen molar-refractivity contribution in [2.24, 2.45) is 5.41 Å². The van der Waals surface area contributed by atoms with E-state index in [9.17, 15) is 18.4 Å². The summed E-state index contributed by atoms with van der Waals surface area (Å²) in [5.41, 5.74) is 0.626. The number of hydrogen-bond donors (Lipinski definition) is 0. The normalized spacial score (nSPS) is 21.2.